The summed E-state index contributed by atoms with van der Waals surface area (Å²) in [5, 5.41) is 9.46. The molecule has 3 aromatic rings. The molecule has 0 amide bonds. The molecule has 0 spiro atoms. The Labute approximate surface area is 162 Å². The van der Waals surface area contributed by atoms with Crippen LogP contribution in [0.25, 0.3) is 10.8 Å². The van der Waals surface area contributed by atoms with Crippen LogP contribution in [-0.2, 0) is 13.2 Å². The molecule has 0 unspecified atom stereocenters. The Bertz CT molecular complexity index is 843. The van der Waals surface area contributed by atoms with Gasteiger partial charge in [0, 0.05) is 12.1 Å². The Hall–Kier alpha value is -2.36. The molecule has 27 heavy (non-hydrogen) atoms. The Morgan fingerprint density at radius 3 is 2.44 bits per heavy atom. The van der Waals surface area contributed by atoms with E-state index in [1.54, 1.807) is 0 Å². The molecule has 0 bridgehead atoms. The molecule has 0 saturated heterocycles. The summed E-state index contributed by atoms with van der Waals surface area (Å²) in [5.74, 6) is 0.966. The number of fused-ring (bicyclic) bond motifs is 1. The molecule has 0 heterocycles. The van der Waals surface area contributed by atoms with Crippen LogP contribution >= 0.6 is 0 Å². The first kappa shape index (κ1) is 19.4. The molecule has 0 saturated carbocycles. The van der Waals surface area contributed by atoms with Gasteiger partial charge in [0.15, 0.2) is 0 Å². The van der Waals surface area contributed by atoms with Gasteiger partial charge < -0.3 is 15.4 Å². The van der Waals surface area contributed by atoms with Crippen LogP contribution in [0.5, 0.6) is 5.75 Å². The minimum absolute atomic E-state index is 0.589. The maximum atomic E-state index is 6.21. The molecular weight excluding hydrogens is 332 g/mol. The number of nitrogens with one attached hydrogen (secondary N) is 2. The molecule has 0 fully saturated rings. The van der Waals surface area contributed by atoms with E-state index in [9.17, 15) is 0 Å². The lowest BCUT2D eigenvalue weighted by Crippen LogP contribution is -2.21. The van der Waals surface area contributed by atoms with E-state index in [0.717, 1.165) is 38.3 Å². The van der Waals surface area contributed by atoms with E-state index in [4.69, 9.17) is 4.74 Å². The largest absolute Gasteiger partial charge is 0.489 e. The Balaban J connectivity index is 1.71. The highest BCUT2D eigenvalue weighted by Crippen LogP contribution is 2.28. The van der Waals surface area contributed by atoms with Gasteiger partial charge in [-0.2, -0.15) is 0 Å². The summed E-state index contributed by atoms with van der Waals surface area (Å²) in [6, 6.07) is 21.3. The molecule has 2 N–H and O–H groups in total. The minimum atomic E-state index is 0.589. The summed E-state index contributed by atoms with van der Waals surface area (Å²) in [4.78, 5) is 0. The maximum Gasteiger partial charge on any atom is 0.124 e. The molecule has 142 valence electrons. The van der Waals surface area contributed by atoms with Crippen molar-refractivity contribution in [1.29, 1.82) is 0 Å². The second-order valence-corrected chi connectivity index (χ2v) is 6.92. The molecule has 0 aliphatic carbocycles. The summed E-state index contributed by atoms with van der Waals surface area (Å²) in [7, 11) is 0. The van der Waals surface area contributed by atoms with Crippen LogP contribution in [0, 0.1) is 6.92 Å². The highest BCUT2D eigenvalue weighted by molar-refractivity contribution is 5.87. The van der Waals surface area contributed by atoms with Gasteiger partial charge in [-0.15, -0.1) is 0 Å². The molecular formula is C24H30N2O. The zero-order valence-electron chi connectivity index (χ0n) is 16.4. The lowest BCUT2D eigenvalue weighted by atomic mass is 10.0. The molecule has 3 aromatic carbocycles. The van der Waals surface area contributed by atoms with E-state index >= 15 is 0 Å². The van der Waals surface area contributed by atoms with E-state index in [2.05, 4.69) is 85.1 Å². The van der Waals surface area contributed by atoms with Crippen molar-refractivity contribution in [2.24, 2.45) is 0 Å². The second-order valence-electron chi connectivity index (χ2n) is 6.92. The van der Waals surface area contributed by atoms with Gasteiger partial charge in [0.25, 0.3) is 0 Å². The van der Waals surface area contributed by atoms with E-state index in [-0.39, 0.29) is 0 Å². The van der Waals surface area contributed by atoms with E-state index in [0.29, 0.717) is 6.61 Å². The van der Waals surface area contributed by atoms with Crippen LogP contribution in [0.2, 0.25) is 0 Å². The van der Waals surface area contributed by atoms with Crippen LogP contribution in [-0.4, -0.2) is 19.6 Å². The number of hydrogen-bond donors (Lipinski definition) is 2. The highest BCUT2D eigenvalue weighted by atomic mass is 16.5. The van der Waals surface area contributed by atoms with E-state index < -0.39 is 0 Å². The van der Waals surface area contributed by atoms with Crippen molar-refractivity contribution in [2.45, 2.75) is 33.4 Å². The average Bonchev–Trinajstić information content (AvgIpc) is 2.70. The van der Waals surface area contributed by atoms with Gasteiger partial charge >= 0.3 is 0 Å². The van der Waals surface area contributed by atoms with Gasteiger partial charge in [0.1, 0.15) is 12.4 Å². The van der Waals surface area contributed by atoms with Gasteiger partial charge in [-0.3, -0.25) is 0 Å². The van der Waals surface area contributed by atoms with Crippen molar-refractivity contribution < 1.29 is 4.74 Å². The predicted molar refractivity (Wildman–Crippen MR) is 114 cm³/mol. The maximum absolute atomic E-state index is 6.21. The molecule has 0 atom stereocenters. The number of hydrogen-bond acceptors (Lipinski definition) is 3. The van der Waals surface area contributed by atoms with Crippen molar-refractivity contribution in [2.75, 3.05) is 19.6 Å². The third kappa shape index (κ3) is 5.56. The quantitative estimate of drug-likeness (QED) is 0.508. The van der Waals surface area contributed by atoms with Gasteiger partial charge in [0.2, 0.25) is 0 Å². The molecule has 0 aliphatic heterocycles. The Morgan fingerprint density at radius 2 is 1.63 bits per heavy atom. The standard InChI is InChI=1S/C24H30N2O/c1-3-25-15-6-16-26-17-23-22-8-5-4-7-21(22)13-14-24(23)27-18-20-11-9-19(2)10-12-20/h4-5,7-14,25-26H,3,6,15-18H2,1-2H3. The number of benzene rings is 3. The average molecular weight is 363 g/mol. The summed E-state index contributed by atoms with van der Waals surface area (Å²) < 4.78 is 6.21. The fourth-order valence-electron chi connectivity index (χ4n) is 3.21. The second kappa shape index (κ2) is 10.1. The lowest BCUT2D eigenvalue weighted by molar-refractivity contribution is 0.302. The van der Waals surface area contributed by atoms with Crippen LogP contribution in [0.3, 0.4) is 0 Å². The lowest BCUT2D eigenvalue weighted by Gasteiger charge is -2.15. The molecule has 0 aliphatic rings. The Kier molecular flexibility index (Phi) is 7.26. The smallest absolute Gasteiger partial charge is 0.124 e. The van der Waals surface area contributed by atoms with Crippen molar-refractivity contribution >= 4 is 10.8 Å². The predicted octanol–water partition coefficient (Wildman–Crippen LogP) is 4.82. The highest BCUT2D eigenvalue weighted by Gasteiger charge is 2.09. The SMILES string of the molecule is CCNCCCNCc1c(OCc2ccc(C)cc2)ccc2ccccc12. The summed E-state index contributed by atoms with van der Waals surface area (Å²) in [5.41, 5.74) is 3.70. The molecule has 3 nitrogen and oxygen atoms in total. The van der Waals surface area contributed by atoms with Gasteiger partial charge in [0.05, 0.1) is 0 Å². The van der Waals surface area contributed by atoms with Crippen molar-refractivity contribution in [3.05, 3.63) is 77.4 Å². The topological polar surface area (TPSA) is 33.3 Å². The fraction of sp³-hybridized carbons (Fsp3) is 0.333. The van der Waals surface area contributed by atoms with Crippen molar-refractivity contribution in [1.82, 2.24) is 10.6 Å². The summed E-state index contributed by atoms with van der Waals surface area (Å²) in [6.45, 7) is 8.72. The van der Waals surface area contributed by atoms with Crippen LogP contribution < -0.4 is 15.4 Å². The van der Waals surface area contributed by atoms with Crippen LogP contribution in [0.4, 0.5) is 0 Å². The summed E-state index contributed by atoms with van der Waals surface area (Å²) in [6.07, 6.45) is 1.12. The molecule has 3 heteroatoms. The van der Waals surface area contributed by atoms with Gasteiger partial charge in [-0.1, -0.05) is 67.1 Å². The van der Waals surface area contributed by atoms with Crippen LogP contribution in [0.1, 0.15) is 30.0 Å². The first-order valence-electron chi connectivity index (χ1n) is 9.88. The Morgan fingerprint density at radius 1 is 0.852 bits per heavy atom. The van der Waals surface area contributed by atoms with Crippen LogP contribution in [0.15, 0.2) is 60.7 Å². The van der Waals surface area contributed by atoms with Gasteiger partial charge in [-0.25, -0.2) is 0 Å². The normalized spacial score (nSPS) is 11.0. The number of rotatable bonds is 10. The van der Waals surface area contributed by atoms with Gasteiger partial charge in [-0.05, 0) is 55.4 Å². The minimum Gasteiger partial charge on any atom is -0.489 e. The first-order valence-corrected chi connectivity index (χ1v) is 9.88. The van der Waals surface area contributed by atoms with E-state index in [1.165, 1.54) is 27.5 Å². The fourth-order valence-corrected chi connectivity index (χ4v) is 3.21. The number of aryl methyl sites for hydroxylation is 1. The zero-order chi connectivity index (χ0) is 18.9. The molecule has 3 rings (SSSR count). The first-order chi connectivity index (χ1) is 13.3. The van der Waals surface area contributed by atoms with Crippen molar-refractivity contribution in [3.8, 4) is 5.75 Å². The third-order valence-corrected chi connectivity index (χ3v) is 4.77. The number of ether oxygens (including phenoxy) is 1. The zero-order valence-corrected chi connectivity index (χ0v) is 16.4. The summed E-state index contributed by atoms with van der Waals surface area (Å²) >= 11 is 0. The van der Waals surface area contributed by atoms with Crippen molar-refractivity contribution in [3.63, 3.8) is 0 Å². The monoisotopic (exact) mass is 362 g/mol. The molecule has 0 radical (unpaired) electrons. The van der Waals surface area contributed by atoms with E-state index in [1.807, 2.05) is 0 Å². The third-order valence-electron chi connectivity index (χ3n) is 4.77. The molecule has 0 aromatic heterocycles.